The van der Waals surface area contributed by atoms with Crippen LogP contribution in [0.3, 0.4) is 0 Å². The summed E-state index contributed by atoms with van der Waals surface area (Å²) < 4.78 is 0. The van der Waals surface area contributed by atoms with Crippen molar-refractivity contribution in [3.8, 4) is 0 Å². The van der Waals surface area contributed by atoms with Gasteiger partial charge in [-0.05, 0) is 10.9 Å². The lowest BCUT2D eigenvalue weighted by Crippen LogP contribution is -1.86. The maximum atomic E-state index is 3.65. The van der Waals surface area contributed by atoms with E-state index in [1.54, 1.807) is 0 Å². The predicted molar refractivity (Wildman–Crippen MR) is 45.9 cm³/mol. The first-order valence-corrected chi connectivity index (χ1v) is 3.38. The molecule has 1 atom stereocenters. The van der Waals surface area contributed by atoms with Crippen LogP contribution < -0.4 is 5.30 Å². The van der Waals surface area contributed by atoms with Gasteiger partial charge in [-0.1, -0.05) is 36.9 Å². The highest BCUT2D eigenvalue weighted by molar-refractivity contribution is 7.27. The van der Waals surface area contributed by atoms with E-state index in [1.165, 1.54) is 10.9 Å². The van der Waals surface area contributed by atoms with Crippen molar-refractivity contribution >= 4 is 20.6 Å². The summed E-state index contributed by atoms with van der Waals surface area (Å²) in [6, 6.07) is 8.16. The molecule has 1 heteroatoms. The van der Waals surface area contributed by atoms with E-state index in [0.717, 1.165) is 0 Å². The smallest absolute Gasteiger partial charge is 0.0262 e. The summed E-state index contributed by atoms with van der Waals surface area (Å²) in [5.41, 5.74) is 1.17. The zero-order valence-electron chi connectivity index (χ0n) is 5.17. The molecule has 1 rings (SSSR count). The van der Waals surface area contributed by atoms with Crippen molar-refractivity contribution in [1.29, 1.82) is 0 Å². The summed E-state index contributed by atoms with van der Waals surface area (Å²) in [4.78, 5) is 0. The molecule has 1 unspecified atom stereocenters. The zero-order valence-corrected chi connectivity index (χ0v) is 6.33. The van der Waals surface area contributed by atoms with Crippen molar-refractivity contribution < 1.29 is 0 Å². The highest BCUT2D eigenvalue weighted by Gasteiger charge is 1.82. The molecule has 0 aliphatic heterocycles. The fourth-order valence-electron chi connectivity index (χ4n) is 0.632. The van der Waals surface area contributed by atoms with E-state index in [4.69, 9.17) is 0 Å². The number of benzene rings is 1. The first-order valence-electron chi connectivity index (χ1n) is 2.81. The molecular weight excluding hydrogens is 127 g/mol. The average molecular weight is 136 g/mol. The summed E-state index contributed by atoms with van der Waals surface area (Å²) >= 11 is 0. The molecule has 0 nitrogen and oxygen atoms in total. The highest BCUT2D eigenvalue weighted by Crippen LogP contribution is 1.99. The van der Waals surface area contributed by atoms with Gasteiger partial charge >= 0.3 is 0 Å². The van der Waals surface area contributed by atoms with Crippen LogP contribution in [0.25, 0.3) is 6.08 Å². The third-order valence-corrected chi connectivity index (χ3v) is 1.56. The zero-order chi connectivity index (χ0) is 6.69. The molecule has 9 heavy (non-hydrogen) atoms. The second kappa shape index (κ2) is 2.80. The fourth-order valence-corrected chi connectivity index (χ4v) is 0.825. The van der Waals surface area contributed by atoms with Gasteiger partial charge in [0.15, 0.2) is 0 Å². The lowest BCUT2D eigenvalue weighted by molar-refractivity contribution is 1.71. The Morgan fingerprint density at radius 1 is 1.22 bits per heavy atom. The monoisotopic (exact) mass is 136 g/mol. The van der Waals surface area contributed by atoms with Gasteiger partial charge in [0.2, 0.25) is 0 Å². The van der Waals surface area contributed by atoms with Crippen molar-refractivity contribution in [3.63, 3.8) is 0 Å². The van der Waals surface area contributed by atoms with Crippen LogP contribution in [0.5, 0.6) is 0 Å². The summed E-state index contributed by atoms with van der Waals surface area (Å²) in [6.45, 7) is 3.65. The van der Waals surface area contributed by atoms with Gasteiger partial charge in [0.25, 0.3) is 0 Å². The van der Waals surface area contributed by atoms with E-state index in [1.807, 2.05) is 30.3 Å². The summed E-state index contributed by atoms with van der Waals surface area (Å²) in [5.74, 6) is 0. The number of hydrogen-bond acceptors (Lipinski definition) is 0. The van der Waals surface area contributed by atoms with Gasteiger partial charge in [0.1, 0.15) is 0 Å². The SMILES string of the molecule is C=Cc1ccc(P)cc1. The first-order chi connectivity index (χ1) is 4.33. The minimum atomic E-state index is 1.17. The van der Waals surface area contributed by atoms with Crippen molar-refractivity contribution in [2.24, 2.45) is 0 Å². The molecule has 0 spiro atoms. The minimum Gasteiger partial charge on any atom is -0.106 e. The largest absolute Gasteiger partial charge is 0.106 e. The van der Waals surface area contributed by atoms with Crippen molar-refractivity contribution in [2.75, 3.05) is 0 Å². The molecule has 0 bridgehead atoms. The van der Waals surface area contributed by atoms with E-state index in [0.29, 0.717) is 0 Å². The van der Waals surface area contributed by atoms with E-state index in [9.17, 15) is 0 Å². The summed E-state index contributed by atoms with van der Waals surface area (Å²) in [7, 11) is 2.64. The third-order valence-electron chi connectivity index (χ3n) is 1.17. The van der Waals surface area contributed by atoms with Gasteiger partial charge in [-0.3, -0.25) is 0 Å². The number of hydrogen-bond donors (Lipinski definition) is 0. The highest BCUT2D eigenvalue weighted by atomic mass is 31.0. The Balaban J connectivity index is 3.01. The van der Waals surface area contributed by atoms with E-state index < -0.39 is 0 Å². The summed E-state index contributed by atoms with van der Waals surface area (Å²) in [5, 5.41) is 1.21. The van der Waals surface area contributed by atoms with Crippen LogP contribution in [0.1, 0.15) is 5.56 Å². The van der Waals surface area contributed by atoms with Crippen molar-refractivity contribution in [2.45, 2.75) is 0 Å². The second-order valence-electron chi connectivity index (χ2n) is 1.87. The molecule has 0 fully saturated rings. The molecule has 0 N–H and O–H groups in total. The van der Waals surface area contributed by atoms with Gasteiger partial charge in [0.05, 0.1) is 0 Å². The van der Waals surface area contributed by atoms with Gasteiger partial charge in [0, 0.05) is 0 Å². The first kappa shape index (κ1) is 6.51. The van der Waals surface area contributed by atoms with Crippen LogP contribution in [-0.2, 0) is 0 Å². The van der Waals surface area contributed by atoms with Crippen LogP contribution in [-0.4, -0.2) is 0 Å². The van der Waals surface area contributed by atoms with Crippen LogP contribution in [0.4, 0.5) is 0 Å². The number of rotatable bonds is 1. The topological polar surface area (TPSA) is 0 Å². The average Bonchev–Trinajstić information content (AvgIpc) is 1.90. The quantitative estimate of drug-likeness (QED) is 0.516. The Morgan fingerprint density at radius 3 is 2.22 bits per heavy atom. The molecule has 46 valence electrons. The molecule has 0 heterocycles. The Labute approximate surface area is 57.8 Å². The maximum absolute atomic E-state index is 3.65. The van der Waals surface area contributed by atoms with Crippen molar-refractivity contribution in [1.82, 2.24) is 0 Å². The van der Waals surface area contributed by atoms with E-state index in [2.05, 4.69) is 15.8 Å². The van der Waals surface area contributed by atoms with E-state index in [-0.39, 0.29) is 0 Å². The Bertz CT molecular complexity index is 198. The summed E-state index contributed by atoms with van der Waals surface area (Å²) in [6.07, 6.45) is 1.84. The molecule has 1 aromatic rings. The Kier molecular flexibility index (Phi) is 2.02. The normalized spacial score (nSPS) is 9.00. The molecule has 0 aliphatic carbocycles. The van der Waals surface area contributed by atoms with Gasteiger partial charge in [-0.25, -0.2) is 0 Å². The Morgan fingerprint density at radius 2 is 1.78 bits per heavy atom. The fraction of sp³-hybridized carbons (Fsp3) is 0. The van der Waals surface area contributed by atoms with Gasteiger partial charge in [-0.2, -0.15) is 0 Å². The van der Waals surface area contributed by atoms with Crippen molar-refractivity contribution in [3.05, 3.63) is 36.4 Å². The van der Waals surface area contributed by atoms with Gasteiger partial charge < -0.3 is 0 Å². The molecule has 1 aromatic carbocycles. The molecular formula is C8H9P. The standard InChI is InChI=1S/C8H9P/c1-2-7-3-5-8(9)6-4-7/h2-6H,1,9H2. The van der Waals surface area contributed by atoms with Crippen LogP contribution in [0.15, 0.2) is 30.8 Å². The molecule has 0 aliphatic rings. The lowest BCUT2D eigenvalue weighted by atomic mass is 10.2. The Hall–Kier alpha value is -0.610. The molecule has 0 aromatic heterocycles. The second-order valence-corrected chi connectivity index (χ2v) is 2.54. The molecule has 0 saturated carbocycles. The third kappa shape index (κ3) is 1.65. The van der Waals surface area contributed by atoms with E-state index >= 15 is 0 Å². The van der Waals surface area contributed by atoms with Crippen LogP contribution >= 0.6 is 9.24 Å². The van der Waals surface area contributed by atoms with Crippen LogP contribution in [0, 0.1) is 0 Å². The molecule has 0 amide bonds. The lowest BCUT2D eigenvalue weighted by Gasteiger charge is -1.91. The van der Waals surface area contributed by atoms with Gasteiger partial charge in [-0.15, -0.1) is 9.24 Å². The molecule has 0 radical (unpaired) electrons. The predicted octanol–water partition coefficient (Wildman–Crippen LogP) is 1.83. The minimum absolute atomic E-state index is 1.17. The molecule has 0 saturated heterocycles. The maximum Gasteiger partial charge on any atom is -0.0262 e. The van der Waals surface area contributed by atoms with Crippen LogP contribution in [0.2, 0.25) is 0 Å².